The minimum absolute atomic E-state index is 0. The Balaban J connectivity index is 0.000000605. The van der Waals surface area contributed by atoms with Crippen molar-refractivity contribution < 1.29 is 0 Å². The molecular weight excluding hydrogens is 286 g/mol. The van der Waals surface area contributed by atoms with Crippen LogP contribution in [0, 0.1) is 6.92 Å². The lowest BCUT2D eigenvalue weighted by molar-refractivity contribution is 0.757. The molecule has 0 aromatic carbocycles. The molecule has 0 spiro atoms. The number of aromatic nitrogens is 2. The Kier molecular flexibility index (Phi) is 4.89. The number of nitrogens with one attached hydrogen (secondary N) is 1. The van der Waals surface area contributed by atoms with Crippen molar-refractivity contribution in [3.8, 4) is 0 Å². The molecule has 0 unspecified atom stereocenters. The SMILES string of the molecule is Br.Br.Cc1ncc2c(n1)CNC2. The molecule has 1 aliphatic heterocycles. The van der Waals surface area contributed by atoms with Crippen molar-refractivity contribution >= 4 is 34.0 Å². The van der Waals surface area contributed by atoms with E-state index in [0.29, 0.717) is 0 Å². The fourth-order valence-corrected chi connectivity index (χ4v) is 1.16. The van der Waals surface area contributed by atoms with Crippen LogP contribution in [0.3, 0.4) is 0 Å². The van der Waals surface area contributed by atoms with Gasteiger partial charge in [0.15, 0.2) is 0 Å². The molecule has 12 heavy (non-hydrogen) atoms. The van der Waals surface area contributed by atoms with Crippen LogP contribution in [-0.2, 0) is 13.1 Å². The third-order valence-electron chi connectivity index (χ3n) is 1.68. The van der Waals surface area contributed by atoms with E-state index in [1.807, 2.05) is 13.1 Å². The molecule has 1 aromatic heterocycles. The van der Waals surface area contributed by atoms with Gasteiger partial charge in [-0.15, -0.1) is 34.0 Å². The van der Waals surface area contributed by atoms with Crippen LogP contribution in [0.4, 0.5) is 0 Å². The molecule has 0 atom stereocenters. The van der Waals surface area contributed by atoms with Gasteiger partial charge in [0.2, 0.25) is 0 Å². The highest BCUT2D eigenvalue weighted by Gasteiger charge is 2.10. The molecule has 0 saturated heterocycles. The molecule has 0 radical (unpaired) electrons. The molecule has 0 aliphatic carbocycles. The Bertz CT molecular complexity index is 265. The van der Waals surface area contributed by atoms with Crippen LogP contribution in [0.2, 0.25) is 0 Å². The first-order valence-corrected chi connectivity index (χ1v) is 3.38. The number of nitrogens with zero attached hydrogens (tertiary/aromatic N) is 2. The average molecular weight is 297 g/mol. The first-order valence-electron chi connectivity index (χ1n) is 3.38. The van der Waals surface area contributed by atoms with Crippen molar-refractivity contribution in [3.05, 3.63) is 23.3 Å². The summed E-state index contributed by atoms with van der Waals surface area (Å²) in [5, 5.41) is 3.21. The molecule has 0 fully saturated rings. The molecule has 0 amide bonds. The lowest BCUT2D eigenvalue weighted by atomic mass is 10.3. The summed E-state index contributed by atoms with van der Waals surface area (Å²) in [6.07, 6.45) is 1.90. The second-order valence-electron chi connectivity index (χ2n) is 2.49. The predicted octanol–water partition coefficient (Wildman–Crippen LogP) is 1.54. The zero-order chi connectivity index (χ0) is 6.97. The summed E-state index contributed by atoms with van der Waals surface area (Å²) in [5.74, 6) is 0.863. The second-order valence-corrected chi connectivity index (χ2v) is 2.49. The predicted molar refractivity (Wildman–Crippen MR) is 58.0 cm³/mol. The van der Waals surface area contributed by atoms with Gasteiger partial charge in [0.25, 0.3) is 0 Å². The zero-order valence-electron chi connectivity index (χ0n) is 6.70. The minimum atomic E-state index is 0. The van der Waals surface area contributed by atoms with E-state index in [9.17, 15) is 0 Å². The van der Waals surface area contributed by atoms with Gasteiger partial charge in [-0.25, -0.2) is 9.97 Å². The van der Waals surface area contributed by atoms with Crippen molar-refractivity contribution in [1.82, 2.24) is 15.3 Å². The van der Waals surface area contributed by atoms with Crippen LogP contribution in [0.15, 0.2) is 6.20 Å². The van der Waals surface area contributed by atoms with Crippen molar-refractivity contribution in [3.63, 3.8) is 0 Å². The standard InChI is InChI=1S/C7H9N3.2BrH/c1-5-9-3-6-2-8-4-7(6)10-5;;/h3,8H,2,4H2,1H3;2*1H. The van der Waals surface area contributed by atoms with Gasteiger partial charge in [-0.2, -0.15) is 0 Å². The smallest absolute Gasteiger partial charge is 0.125 e. The third kappa shape index (κ3) is 2.24. The van der Waals surface area contributed by atoms with Crippen LogP contribution in [0.1, 0.15) is 17.1 Å². The summed E-state index contributed by atoms with van der Waals surface area (Å²) in [6, 6.07) is 0. The van der Waals surface area contributed by atoms with Gasteiger partial charge in [0, 0.05) is 24.8 Å². The Labute approximate surface area is 92.5 Å². The van der Waals surface area contributed by atoms with Gasteiger partial charge in [0.1, 0.15) is 5.82 Å². The highest BCUT2D eigenvalue weighted by Crippen LogP contribution is 2.10. The molecule has 3 nitrogen and oxygen atoms in total. The maximum Gasteiger partial charge on any atom is 0.125 e. The number of fused-ring (bicyclic) bond motifs is 1. The molecule has 5 heteroatoms. The molecule has 0 saturated carbocycles. The fraction of sp³-hybridized carbons (Fsp3) is 0.429. The van der Waals surface area contributed by atoms with E-state index in [1.54, 1.807) is 0 Å². The Morgan fingerprint density at radius 3 is 2.83 bits per heavy atom. The van der Waals surface area contributed by atoms with E-state index in [0.717, 1.165) is 24.6 Å². The van der Waals surface area contributed by atoms with E-state index in [-0.39, 0.29) is 34.0 Å². The second kappa shape index (κ2) is 4.89. The molecular formula is C7H11Br2N3. The first kappa shape index (κ1) is 12.0. The van der Waals surface area contributed by atoms with Crippen molar-refractivity contribution in [2.75, 3.05) is 0 Å². The molecule has 2 heterocycles. The normalized spacial score (nSPS) is 12.8. The van der Waals surface area contributed by atoms with E-state index in [1.165, 1.54) is 5.56 Å². The summed E-state index contributed by atoms with van der Waals surface area (Å²) in [7, 11) is 0. The first-order chi connectivity index (χ1) is 4.86. The van der Waals surface area contributed by atoms with Gasteiger partial charge >= 0.3 is 0 Å². The monoisotopic (exact) mass is 295 g/mol. The summed E-state index contributed by atoms with van der Waals surface area (Å²) < 4.78 is 0. The Hall–Kier alpha value is -0.000000000000000132. The number of aryl methyl sites for hydroxylation is 1. The fourth-order valence-electron chi connectivity index (χ4n) is 1.16. The summed E-state index contributed by atoms with van der Waals surface area (Å²) in [4.78, 5) is 8.38. The van der Waals surface area contributed by atoms with E-state index < -0.39 is 0 Å². The van der Waals surface area contributed by atoms with Gasteiger partial charge in [-0.1, -0.05) is 0 Å². The van der Waals surface area contributed by atoms with Gasteiger partial charge < -0.3 is 5.32 Å². The number of rotatable bonds is 0. The molecule has 2 rings (SSSR count). The van der Waals surface area contributed by atoms with Crippen LogP contribution in [-0.4, -0.2) is 9.97 Å². The Morgan fingerprint density at radius 1 is 1.33 bits per heavy atom. The average Bonchev–Trinajstić information content (AvgIpc) is 2.33. The van der Waals surface area contributed by atoms with Crippen LogP contribution >= 0.6 is 34.0 Å². The van der Waals surface area contributed by atoms with Gasteiger partial charge in [0.05, 0.1) is 5.69 Å². The number of hydrogen-bond donors (Lipinski definition) is 1. The molecule has 1 aliphatic rings. The quantitative estimate of drug-likeness (QED) is 0.789. The highest BCUT2D eigenvalue weighted by atomic mass is 79.9. The van der Waals surface area contributed by atoms with E-state index in [4.69, 9.17) is 0 Å². The molecule has 0 bridgehead atoms. The zero-order valence-corrected chi connectivity index (χ0v) is 10.1. The number of hydrogen-bond acceptors (Lipinski definition) is 3. The minimum Gasteiger partial charge on any atom is -0.307 e. The van der Waals surface area contributed by atoms with Crippen LogP contribution < -0.4 is 5.32 Å². The molecule has 1 N–H and O–H groups in total. The molecule has 1 aromatic rings. The van der Waals surface area contributed by atoms with E-state index in [2.05, 4.69) is 15.3 Å². The lowest BCUT2D eigenvalue weighted by Crippen LogP contribution is -2.00. The Morgan fingerprint density at radius 2 is 2.08 bits per heavy atom. The summed E-state index contributed by atoms with van der Waals surface area (Å²) in [6.45, 7) is 3.74. The summed E-state index contributed by atoms with van der Waals surface area (Å²) >= 11 is 0. The third-order valence-corrected chi connectivity index (χ3v) is 1.68. The van der Waals surface area contributed by atoms with E-state index >= 15 is 0 Å². The van der Waals surface area contributed by atoms with Gasteiger partial charge in [-0.05, 0) is 6.92 Å². The van der Waals surface area contributed by atoms with Gasteiger partial charge in [-0.3, -0.25) is 0 Å². The lowest BCUT2D eigenvalue weighted by Gasteiger charge is -1.95. The topological polar surface area (TPSA) is 37.8 Å². The molecule has 68 valence electrons. The van der Waals surface area contributed by atoms with Crippen molar-refractivity contribution in [1.29, 1.82) is 0 Å². The maximum absolute atomic E-state index is 4.28. The summed E-state index contributed by atoms with van der Waals surface area (Å²) in [5.41, 5.74) is 2.40. The largest absolute Gasteiger partial charge is 0.307 e. The van der Waals surface area contributed by atoms with Crippen molar-refractivity contribution in [2.45, 2.75) is 20.0 Å². The van der Waals surface area contributed by atoms with Crippen LogP contribution in [0.5, 0.6) is 0 Å². The number of halogens is 2. The maximum atomic E-state index is 4.28. The highest BCUT2D eigenvalue weighted by molar-refractivity contribution is 8.93. The van der Waals surface area contributed by atoms with Crippen molar-refractivity contribution in [2.24, 2.45) is 0 Å². The van der Waals surface area contributed by atoms with Crippen LogP contribution in [0.25, 0.3) is 0 Å².